The number of ketones is 1. The molecule has 2 heterocycles. The minimum atomic E-state index is -1.03. The Balaban J connectivity index is 1.46. The number of carboxylic acids is 1. The lowest BCUT2D eigenvalue weighted by Crippen LogP contribution is -2.70. The highest BCUT2D eigenvalue weighted by Crippen LogP contribution is 2.74. The van der Waals surface area contributed by atoms with Gasteiger partial charge >= 0.3 is 5.97 Å². The number of hydrogen-bond donors (Lipinski definition) is 3. The smallest absolute Gasteiger partial charge is 0.308 e. The molecule has 4 fully saturated rings. The number of carbonyl (C=O) groups excluding carboxylic acids is 1. The van der Waals surface area contributed by atoms with Crippen molar-refractivity contribution in [3.8, 4) is 0 Å². The van der Waals surface area contributed by atoms with Gasteiger partial charge in [0.2, 0.25) is 0 Å². The SMILES string of the molecule is CCC[C@@H](CO[C@H]1[C@H](n2nnc(N)n2)CC23COC[C@@]1(C)[C@@H]2CC[C@H]1C3=CC(=O)[C@@]2(C)[C@H](C(=O)O)[C@@](C)([C@H](C)C(C)C)CC[C@]12C)NC. The number of allylic oxidation sites excluding steroid dienone is 1. The Hall–Kier alpha value is -2.37. The van der Waals surface area contributed by atoms with Gasteiger partial charge in [-0.15, -0.1) is 5.10 Å². The number of nitrogens with zero attached hydrogens (tertiary/aromatic N) is 4. The first-order valence-corrected chi connectivity index (χ1v) is 18.5. The van der Waals surface area contributed by atoms with Gasteiger partial charge in [-0.25, -0.2) is 0 Å². The van der Waals surface area contributed by atoms with Gasteiger partial charge in [0.1, 0.15) is 6.04 Å². The van der Waals surface area contributed by atoms with Gasteiger partial charge in [-0.1, -0.05) is 72.5 Å². The lowest BCUT2D eigenvalue weighted by atomic mass is 9.34. The summed E-state index contributed by atoms with van der Waals surface area (Å²) in [6, 6.07) is -0.0444. The molecule has 1 saturated heterocycles. The largest absolute Gasteiger partial charge is 0.481 e. The van der Waals surface area contributed by atoms with E-state index in [9.17, 15) is 14.7 Å². The van der Waals surface area contributed by atoms with Crippen molar-refractivity contribution in [1.29, 1.82) is 0 Å². The second-order valence-corrected chi connectivity index (χ2v) is 17.5. The molecule has 1 aliphatic heterocycles. The fourth-order valence-corrected chi connectivity index (χ4v) is 12.2. The average Bonchev–Trinajstić information content (AvgIpc) is 3.46. The van der Waals surface area contributed by atoms with Crippen LogP contribution >= 0.6 is 0 Å². The maximum Gasteiger partial charge on any atom is 0.308 e. The van der Waals surface area contributed by atoms with E-state index >= 15 is 0 Å². The van der Waals surface area contributed by atoms with Crippen LogP contribution in [0.5, 0.6) is 0 Å². The molecule has 3 saturated carbocycles. The van der Waals surface area contributed by atoms with Crippen LogP contribution < -0.4 is 11.1 Å². The summed E-state index contributed by atoms with van der Waals surface area (Å²) >= 11 is 0. The number of tetrazole rings is 1. The van der Waals surface area contributed by atoms with E-state index in [0.717, 1.165) is 44.1 Å². The van der Waals surface area contributed by atoms with E-state index in [1.54, 1.807) is 4.80 Å². The molecule has 5 aliphatic rings. The topological polar surface area (TPSA) is 154 Å². The number of likely N-dealkylation sites (N-methyl/N-ethyl adjacent to an activating group) is 1. The third-order valence-corrected chi connectivity index (χ3v) is 15.2. The van der Waals surface area contributed by atoms with Crippen LogP contribution in [-0.4, -0.2) is 76.1 Å². The number of carboxylic acid groups (broad SMARTS) is 1. The number of ether oxygens (including phenoxy) is 2. The molecular formula is C37H60N6O5. The van der Waals surface area contributed by atoms with Crippen LogP contribution in [0.25, 0.3) is 0 Å². The zero-order chi connectivity index (χ0) is 35.0. The molecule has 0 spiro atoms. The molecule has 1 unspecified atom stereocenters. The number of nitrogens with one attached hydrogen (secondary N) is 1. The van der Waals surface area contributed by atoms with Crippen molar-refractivity contribution in [2.24, 2.45) is 56.7 Å². The minimum absolute atomic E-state index is 0.0395. The van der Waals surface area contributed by atoms with Crippen LogP contribution in [0.4, 0.5) is 5.95 Å². The Bertz CT molecular complexity index is 1450. The Labute approximate surface area is 286 Å². The number of aliphatic carboxylic acids is 1. The molecule has 6 rings (SSSR count). The lowest BCUT2D eigenvalue weighted by molar-refractivity contribution is -0.250. The first kappa shape index (κ1) is 35.5. The zero-order valence-corrected chi connectivity index (χ0v) is 30.7. The van der Waals surface area contributed by atoms with Gasteiger partial charge in [0.05, 0.1) is 31.8 Å². The van der Waals surface area contributed by atoms with E-state index in [2.05, 4.69) is 69.2 Å². The maximum atomic E-state index is 14.9. The first-order chi connectivity index (χ1) is 22.5. The van der Waals surface area contributed by atoms with Crippen LogP contribution in [-0.2, 0) is 19.1 Å². The van der Waals surface area contributed by atoms with E-state index in [0.29, 0.717) is 32.2 Å². The quantitative estimate of drug-likeness (QED) is 0.298. The second kappa shape index (κ2) is 12.1. The Morgan fingerprint density at radius 2 is 1.92 bits per heavy atom. The molecule has 4 aliphatic carbocycles. The summed E-state index contributed by atoms with van der Waals surface area (Å²) < 4.78 is 13.5. The number of rotatable bonds is 10. The number of anilines is 1. The molecule has 2 bridgehead atoms. The molecule has 1 aromatic rings. The van der Waals surface area contributed by atoms with E-state index in [1.165, 1.54) is 0 Å². The van der Waals surface area contributed by atoms with Gasteiger partial charge in [0.15, 0.2) is 5.78 Å². The van der Waals surface area contributed by atoms with Gasteiger partial charge in [-0.3, -0.25) is 9.59 Å². The summed E-state index contributed by atoms with van der Waals surface area (Å²) in [4.78, 5) is 30.0. The molecule has 0 radical (unpaired) electrons. The summed E-state index contributed by atoms with van der Waals surface area (Å²) in [5.41, 5.74) is 4.31. The highest BCUT2D eigenvalue weighted by molar-refractivity contribution is 6.00. The Morgan fingerprint density at radius 3 is 2.52 bits per heavy atom. The number of carbonyl (C=O) groups is 2. The van der Waals surface area contributed by atoms with E-state index in [4.69, 9.17) is 15.2 Å². The van der Waals surface area contributed by atoms with Crippen molar-refractivity contribution in [3.05, 3.63) is 11.6 Å². The number of fused-ring (bicyclic) bond motifs is 3. The highest BCUT2D eigenvalue weighted by atomic mass is 16.5. The first-order valence-electron chi connectivity index (χ1n) is 18.5. The molecular weight excluding hydrogens is 608 g/mol. The van der Waals surface area contributed by atoms with Gasteiger partial charge in [0, 0.05) is 22.3 Å². The van der Waals surface area contributed by atoms with Crippen molar-refractivity contribution < 1.29 is 24.2 Å². The fraction of sp³-hybridized carbons (Fsp3) is 0.865. The summed E-state index contributed by atoms with van der Waals surface area (Å²) in [7, 11) is 1.98. The summed E-state index contributed by atoms with van der Waals surface area (Å²) in [6.07, 6.45) is 7.81. The van der Waals surface area contributed by atoms with Gasteiger partial charge in [0.25, 0.3) is 5.95 Å². The third-order valence-electron chi connectivity index (χ3n) is 15.2. The monoisotopic (exact) mass is 668 g/mol. The van der Waals surface area contributed by atoms with E-state index < -0.39 is 33.5 Å². The van der Waals surface area contributed by atoms with Crippen LogP contribution in [0.15, 0.2) is 11.6 Å². The van der Waals surface area contributed by atoms with Crippen molar-refractivity contribution >= 4 is 17.7 Å². The Kier molecular flexibility index (Phi) is 8.97. The van der Waals surface area contributed by atoms with Crippen molar-refractivity contribution in [1.82, 2.24) is 25.5 Å². The third kappa shape index (κ3) is 4.79. The predicted octanol–water partition coefficient (Wildman–Crippen LogP) is 5.34. The number of aromatic nitrogens is 4. The summed E-state index contributed by atoms with van der Waals surface area (Å²) in [5.74, 6) is -0.810. The summed E-state index contributed by atoms with van der Waals surface area (Å²) in [5, 5.41) is 27.4. The number of nitrogens with two attached hydrogens (primary N) is 1. The van der Waals surface area contributed by atoms with Gasteiger partial charge < -0.3 is 25.6 Å². The van der Waals surface area contributed by atoms with Crippen LogP contribution in [0.1, 0.15) is 106 Å². The van der Waals surface area contributed by atoms with Crippen molar-refractivity contribution in [3.63, 3.8) is 0 Å². The minimum Gasteiger partial charge on any atom is -0.481 e. The molecule has 0 aromatic carbocycles. The lowest BCUT2D eigenvalue weighted by Gasteiger charge is -2.70. The molecule has 4 N–H and O–H groups in total. The van der Waals surface area contributed by atoms with Crippen molar-refractivity contribution in [2.45, 2.75) is 119 Å². The molecule has 48 heavy (non-hydrogen) atoms. The van der Waals surface area contributed by atoms with Gasteiger partial charge in [-0.2, -0.15) is 4.80 Å². The summed E-state index contributed by atoms with van der Waals surface area (Å²) in [6.45, 7) is 18.9. The molecule has 12 atom stereocenters. The molecule has 0 amide bonds. The van der Waals surface area contributed by atoms with Crippen LogP contribution in [0.3, 0.4) is 0 Å². The van der Waals surface area contributed by atoms with Gasteiger partial charge in [-0.05, 0) is 91.4 Å². The molecule has 268 valence electrons. The number of hydrogen-bond acceptors (Lipinski definition) is 9. The second-order valence-electron chi connectivity index (χ2n) is 17.5. The standard InChI is InChI=1S/C37H60N6O5/c1-10-11-23(39-9)18-48-30-26(43-41-32(38)40-42-43)17-37-20-47-19-34(30,6)27(37)13-12-24-25(37)16-28(44)36(8)29(31(45)46)33(5,22(4)21(2)3)14-15-35(24,36)7/h16,21-24,26-27,29-30,39H,10-15,17-20H2,1-9H3,(H2,38,41)(H,45,46)/t22-,23+,24+,26-,27+,29-,30+,33-,34+,35-,36+,37?/m1/s1. The molecule has 1 aromatic heterocycles. The van der Waals surface area contributed by atoms with Crippen molar-refractivity contribution in [2.75, 3.05) is 32.6 Å². The zero-order valence-electron chi connectivity index (χ0n) is 30.7. The maximum absolute atomic E-state index is 14.9. The number of nitrogen functional groups attached to an aromatic ring is 1. The molecule has 11 nitrogen and oxygen atoms in total. The molecule has 11 heteroatoms. The van der Waals surface area contributed by atoms with E-state index in [-0.39, 0.29) is 53.1 Å². The Morgan fingerprint density at radius 1 is 1.19 bits per heavy atom. The fourth-order valence-electron chi connectivity index (χ4n) is 12.2. The normalized spacial score (nSPS) is 43.5. The predicted molar refractivity (Wildman–Crippen MR) is 183 cm³/mol. The highest BCUT2D eigenvalue weighted by Gasteiger charge is 2.74. The van der Waals surface area contributed by atoms with Crippen LogP contribution in [0.2, 0.25) is 0 Å². The average molecular weight is 669 g/mol. The van der Waals surface area contributed by atoms with Crippen LogP contribution in [0, 0.1) is 56.7 Å². The van der Waals surface area contributed by atoms with E-state index in [1.807, 2.05) is 20.0 Å².